The molecule has 2 aliphatic rings. The van der Waals surface area contributed by atoms with Crippen molar-refractivity contribution in [2.24, 2.45) is 0 Å². The molecule has 0 spiro atoms. The van der Waals surface area contributed by atoms with Crippen molar-refractivity contribution in [3.63, 3.8) is 0 Å². The summed E-state index contributed by atoms with van der Waals surface area (Å²) in [5.74, 6) is 0. The number of benzene rings is 1. The second-order valence-electron chi connectivity index (χ2n) is 5.61. The third kappa shape index (κ3) is 2.43. The number of fused-ring (bicyclic) bond motifs is 2. The van der Waals surface area contributed by atoms with Gasteiger partial charge in [-0.15, -0.1) is 0 Å². The summed E-state index contributed by atoms with van der Waals surface area (Å²) in [5, 5.41) is 0. The van der Waals surface area contributed by atoms with Crippen molar-refractivity contribution in [3.05, 3.63) is 28.2 Å². The van der Waals surface area contributed by atoms with Gasteiger partial charge >= 0.3 is 0 Å². The number of nitrogens with zero attached hydrogens (tertiary/aromatic N) is 2. The van der Waals surface area contributed by atoms with Gasteiger partial charge in [-0.1, -0.05) is 0 Å². The maximum Gasteiger partial charge on any atom is 0.150 e. The molecule has 1 aromatic rings. The Labute approximate surface area is 122 Å². The zero-order valence-corrected chi connectivity index (χ0v) is 12.8. The Kier molecular flexibility index (Phi) is 3.63. The molecule has 0 radical (unpaired) electrons. The number of hydrogen-bond acceptors (Lipinski definition) is 3. The van der Waals surface area contributed by atoms with Crippen LogP contribution in [-0.4, -0.2) is 43.4 Å². The maximum absolute atomic E-state index is 10.8. The number of anilines is 1. The molecule has 0 N–H and O–H groups in total. The molecule has 2 saturated heterocycles. The van der Waals surface area contributed by atoms with E-state index in [1.807, 2.05) is 12.1 Å². The lowest BCUT2D eigenvalue weighted by Crippen LogP contribution is -2.36. The molecule has 0 aromatic heterocycles. The van der Waals surface area contributed by atoms with Crippen molar-refractivity contribution in [1.82, 2.24) is 4.90 Å². The summed E-state index contributed by atoms with van der Waals surface area (Å²) < 4.78 is 1.03. The number of aldehydes is 1. The zero-order valence-electron chi connectivity index (χ0n) is 11.2. The molecule has 0 aliphatic carbocycles. The van der Waals surface area contributed by atoms with Crippen LogP contribution in [0.4, 0.5) is 5.69 Å². The number of carbonyl (C=O) groups excluding carboxylic acids is 1. The minimum atomic E-state index is 0.671. The second kappa shape index (κ2) is 5.25. The first-order valence-corrected chi connectivity index (χ1v) is 7.70. The van der Waals surface area contributed by atoms with E-state index in [1.165, 1.54) is 24.9 Å². The van der Waals surface area contributed by atoms with Gasteiger partial charge in [0.15, 0.2) is 0 Å². The molecule has 0 amide bonds. The second-order valence-corrected chi connectivity index (χ2v) is 6.47. The van der Waals surface area contributed by atoms with E-state index in [1.54, 1.807) is 0 Å². The summed E-state index contributed by atoms with van der Waals surface area (Å²) in [6.07, 6.45) is 4.78. The fourth-order valence-electron chi connectivity index (χ4n) is 3.38. The Morgan fingerprint density at radius 2 is 2.05 bits per heavy atom. The molecule has 0 saturated carbocycles. The van der Waals surface area contributed by atoms with E-state index in [2.05, 4.69) is 38.8 Å². The molecule has 2 heterocycles. The molecular formula is C15H19BrN2O. The van der Waals surface area contributed by atoms with Gasteiger partial charge in [0.1, 0.15) is 6.29 Å². The summed E-state index contributed by atoms with van der Waals surface area (Å²) in [7, 11) is 2.26. The third-order valence-electron chi connectivity index (χ3n) is 4.60. The molecule has 3 nitrogen and oxygen atoms in total. The van der Waals surface area contributed by atoms with Gasteiger partial charge in [-0.25, -0.2) is 0 Å². The van der Waals surface area contributed by atoms with Crippen LogP contribution >= 0.6 is 15.9 Å². The first kappa shape index (κ1) is 13.1. The Bertz CT molecular complexity index is 491. The molecule has 1 aromatic carbocycles. The first-order valence-electron chi connectivity index (χ1n) is 6.90. The minimum absolute atomic E-state index is 0.671. The largest absolute Gasteiger partial charge is 0.369 e. The molecular weight excluding hydrogens is 304 g/mol. The number of rotatable bonds is 2. The smallest absolute Gasteiger partial charge is 0.150 e. The molecule has 2 bridgehead atoms. The van der Waals surface area contributed by atoms with Crippen LogP contribution in [0.3, 0.4) is 0 Å². The van der Waals surface area contributed by atoms with Crippen molar-refractivity contribution in [2.45, 2.75) is 31.3 Å². The first-order chi connectivity index (χ1) is 9.19. The van der Waals surface area contributed by atoms with Gasteiger partial charge in [0.2, 0.25) is 0 Å². The van der Waals surface area contributed by atoms with Crippen LogP contribution in [0.15, 0.2) is 22.7 Å². The van der Waals surface area contributed by atoms with Gasteiger partial charge in [0, 0.05) is 35.2 Å². The standard InChI is InChI=1S/C15H19BrN2O/c1-17-12-3-4-13(17)9-18(7-6-12)15-5-2-11(10-19)8-14(15)16/h2,5,8,10,12-13H,3-4,6-7,9H2,1H3. The Hall–Kier alpha value is -0.870. The number of halogens is 1. The van der Waals surface area contributed by atoms with E-state index >= 15 is 0 Å². The topological polar surface area (TPSA) is 23.6 Å². The minimum Gasteiger partial charge on any atom is -0.369 e. The van der Waals surface area contributed by atoms with E-state index in [-0.39, 0.29) is 0 Å². The van der Waals surface area contributed by atoms with Gasteiger partial charge in [-0.2, -0.15) is 0 Å². The number of carbonyl (C=O) groups is 1. The third-order valence-corrected chi connectivity index (χ3v) is 5.23. The lowest BCUT2D eigenvalue weighted by atomic mass is 10.1. The van der Waals surface area contributed by atoms with Gasteiger partial charge < -0.3 is 4.90 Å². The van der Waals surface area contributed by atoms with Gasteiger partial charge in [0.25, 0.3) is 0 Å². The van der Waals surface area contributed by atoms with Crippen molar-refractivity contribution in [3.8, 4) is 0 Å². The highest BCUT2D eigenvalue weighted by Gasteiger charge is 2.34. The average Bonchev–Trinajstić information content (AvgIpc) is 2.64. The molecule has 102 valence electrons. The van der Waals surface area contributed by atoms with Crippen molar-refractivity contribution in [2.75, 3.05) is 25.0 Å². The average molecular weight is 323 g/mol. The Morgan fingerprint density at radius 1 is 1.26 bits per heavy atom. The highest BCUT2D eigenvalue weighted by Crippen LogP contribution is 2.33. The summed E-state index contributed by atoms with van der Waals surface area (Å²) in [4.78, 5) is 15.8. The van der Waals surface area contributed by atoms with Crippen LogP contribution in [0.1, 0.15) is 29.6 Å². The highest BCUT2D eigenvalue weighted by atomic mass is 79.9. The molecule has 2 unspecified atom stereocenters. The van der Waals surface area contributed by atoms with Crippen LogP contribution in [-0.2, 0) is 0 Å². The molecule has 4 heteroatoms. The quantitative estimate of drug-likeness (QED) is 0.782. The zero-order chi connectivity index (χ0) is 13.4. The van der Waals surface area contributed by atoms with Crippen molar-refractivity contribution in [1.29, 1.82) is 0 Å². The normalized spacial score (nSPS) is 27.4. The molecule has 3 rings (SSSR count). The fourth-order valence-corrected chi connectivity index (χ4v) is 4.03. The highest BCUT2D eigenvalue weighted by molar-refractivity contribution is 9.10. The van der Waals surface area contributed by atoms with Crippen LogP contribution in [0.5, 0.6) is 0 Å². The lowest BCUT2D eigenvalue weighted by molar-refractivity contribution is 0.112. The van der Waals surface area contributed by atoms with Gasteiger partial charge in [0.05, 0.1) is 5.69 Å². The summed E-state index contributed by atoms with van der Waals surface area (Å²) in [5.41, 5.74) is 1.94. The van der Waals surface area contributed by atoms with Crippen molar-refractivity contribution >= 4 is 27.9 Å². The van der Waals surface area contributed by atoms with Crippen LogP contribution in [0.25, 0.3) is 0 Å². The number of hydrogen-bond donors (Lipinski definition) is 0. The van der Waals surface area contributed by atoms with E-state index in [0.717, 1.165) is 35.5 Å². The van der Waals surface area contributed by atoms with E-state index in [4.69, 9.17) is 0 Å². The SMILES string of the molecule is CN1C2CCC1CN(c1ccc(C=O)cc1Br)CC2. The lowest BCUT2D eigenvalue weighted by Gasteiger charge is -2.28. The summed E-state index contributed by atoms with van der Waals surface area (Å²) in [6, 6.07) is 7.30. The Balaban J connectivity index is 1.84. The predicted molar refractivity (Wildman–Crippen MR) is 80.9 cm³/mol. The van der Waals surface area contributed by atoms with E-state index < -0.39 is 0 Å². The summed E-state index contributed by atoms with van der Waals surface area (Å²) in [6.45, 7) is 2.19. The molecule has 2 aliphatic heterocycles. The van der Waals surface area contributed by atoms with Crippen LogP contribution in [0, 0.1) is 0 Å². The fraction of sp³-hybridized carbons (Fsp3) is 0.533. The van der Waals surface area contributed by atoms with E-state index in [9.17, 15) is 4.79 Å². The van der Waals surface area contributed by atoms with Gasteiger partial charge in [-0.05, 0) is 60.4 Å². The number of likely N-dealkylation sites (N-methyl/N-ethyl adjacent to an activating group) is 1. The van der Waals surface area contributed by atoms with E-state index in [0.29, 0.717) is 6.04 Å². The van der Waals surface area contributed by atoms with Crippen LogP contribution < -0.4 is 4.90 Å². The molecule has 2 atom stereocenters. The molecule has 19 heavy (non-hydrogen) atoms. The monoisotopic (exact) mass is 322 g/mol. The van der Waals surface area contributed by atoms with Crippen molar-refractivity contribution < 1.29 is 4.79 Å². The Morgan fingerprint density at radius 3 is 2.79 bits per heavy atom. The van der Waals surface area contributed by atoms with Gasteiger partial charge in [-0.3, -0.25) is 9.69 Å². The molecule has 2 fully saturated rings. The predicted octanol–water partition coefficient (Wildman–Crippen LogP) is 2.93. The summed E-state index contributed by atoms with van der Waals surface area (Å²) >= 11 is 3.60. The maximum atomic E-state index is 10.8. The van der Waals surface area contributed by atoms with Crippen LogP contribution in [0.2, 0.25) is 0 Å².